The second-order valence-electron chi connectivity index (χ2n) is 5.49. The van der Waals surface area contributed by atoms with E-state index in [1.165, 1.54) is 11.3 Å². The lowest BCUT2D eigenvalue weighted by Crippen LogP contribution is -2.17. The number of fused-ring (bicyclic) bond motifs is 1. The number of carbonyl (C=O) groups is 1. The molecule has 130 valence electrons. The van der Waals surface area contributed by atoms with Crippen molar-refractivity contribution in [3.63, 3.8) is 0 Å². The number of ether oxygens (including phenoxy) is 2. The van der Waals surface area contributed by atoms with Gasteiger partial charge in [0.15, 0.2) is 4.80 Å². The highest BCUT2D eigenvalue weighted by molar-refractivity contribution is 7.16. The van der Waals surface area contributed by atoms with Crippen molar-refractivity contribution in [3.05, 3.63) is 52.8 Å². The van der Waals surface area contributed by atoms with Crippen molar-refractivity contribution < 1.29 is 14.3 Å². The summed E-state index contributed by atoms with van der Waals surface area (Å²) in [5, 5.41) is 0. The minimum absolute atomic E-state index is 0.283. The Kier molecular flexibility index (Phi) is 5.19. The van der Waals surface area contributed by atoms with E-state index in [9.17, 15) is 4.79 Å². The number of aryl methyl sites for hydroxylation is 1. The summed E-state index contributed by atoms with van der Waals surface area (Å²) >= 11 is 1.49. The molecule has 3 rings (SSSR count). The van der Waals surface area contributed by atoms with E-state index in [0.717, 1.165) is 28.9 Å². The summed E-state index contributed by atoms with van der Waals surface area (Å²) in [5.74, 6) is 1.15. The lowest BCUT2D eigenvalue weighted by molar-refractivity contribution is 0.0997. The van der Waals surface area contributed by atoms with Crippen molar-refractivity contribution in [1.29, 1.82) is 0 Å². The van der Waals surface area contributed by atoms with Gasteiger partial charge in [-0.1, -0.05) is 30.4 Å². The van der Waals surface area contributed by atoms with Gasteiger partial charge in [0, 0.05) is 12.1 Å². The molecule has 1 amide bonds. The molecule has 0 aliphatic rings. The fourth-order valence-electron chi connectivity index (χ4n) is 2.69. The van der Waals surface area contributed by atoms with Crippen LogP contribution < -0.4 is 14.3 Å². The molecule has 0 aliphatic carbocycles. The van der Waals surface area contributed by atoms with Gasteiger partial charge in [0.05, 0.1) is 18.9 Å². The summed E-state index contributed by atoms with van der Waals surface area (Å²) in [6, 6.07) is 12.9. The fourth-order valence-corrected chi connectivity index (χ4v) is 3.76. The Morgan fingerprint density at radius 3 is 2.68 bits per heavy atom. The molecular formula is C19H20N2O3S. The van der Waals surface area contributed by atoms with Crippen LogP contribution in [0.1, 0.15) is 23.7 Å². The van der Waals surface area contributed by atoms with E-state index in [2.05, 4.69) is 16.5 Å². The van der Waals surface area contributed by atoms with Gasteiger partial charge in [-0.25, -0.2) is 0 Å². The van der Waals surface area contributed by atoms with Gasteiger partial charge in [0.1, 0.15) is 17.0 Å². The first kappa shape index (κ1) is 17.2. The Labute approximate surface area is 150 Å². The molecule has 0 fully saturated rings. The highest BCUT2D eigenvalue weighted by atomic mass is 32.1. The first-order valence-electron chi connectivity index (χ1n) is 8.07. The number of benzene rings is 2. The van der Waals surface area contributed by atoms with E-state index in [-0.39, 0.29) is 5.91 Å². The number of hydrogen-bond acceptors (Lipinski definition) is 4. The van der Waals surface area contributed by atoms with Crippen molar-refractivity contribution in [2.75, 3.05) is 14.2 Å². The van der Waals surface area contributed by atoms with E-state index < -0.39 is 0 Å². The van der Waals surface area contributed by atoms with Gasteiger partial charge >= 0.3 is 0 Å². The van der Waals surface area contributed by atoms with Gasteiger partial charge in [-0.15, -0.1) is 0 Å². The van der Waals surface area contributed by atoms with E-state index in [0.29, 0.717) is 16.1 Å². The summed E-state index contributed by atoms with van der Waals surface area (Å²) in [7, 11) is 3.23. The topological polar surface area (TPSA) is 52.8 Å². The Hall–Kier alpha value is -2.60. The number of hydrogen-bond donors (Lipinski definition) is 0. The summed E-state index contributed by atoms with van der Waals surface area (Å²) in [6.07, 6.45) is 0.935. The molecular weight excluding hydrogens is 336 g/mol. The molecule has 6 heteroatoms. The molecule has 0 bridgehead atoms. The van der Waals surface area contributed by atoms with E-state index in [4.69, 9.17) is 9.47 Å². The number of carbonyl (C=O) groups excluding carboxylic acids is 1. The third-order valence-corrected chi connectivity index (χ3v) is 4.89. The van der Waals surface area contributed by atoms with E-state index in [1.54, 1.807) is 38.5 Å². The maximum atomic E-state index is 12.6. The largest absolute Gasteiger partial charge is 0.497 e. The molecule has 0 atom stereocenters. The molecule has 0 radical (unpaired) electrons. The molecule has 1 heterocycles. The predicted molar refractivity (Wildman–Crippen MR) is 99.5 cm³/mol. The van der Waals surface area contributed by atoms with Crippen LogP contribution in [0.2, 0.25) is 0 Å². The average molecular weight is 356 g/mol. The molecule has 25 heavy (non-hydrogen) atoms. The summed E-state index contributed by atoms with van der Waals surface area (Å²) in [4.78, 5) is 17.7. The number of methoxy groups -OCH3 is 2. The lowest BCUT2D eigenvalue weighted by Gasteiger charge is -2.07. The normalized spacial score (nSPS) is 11.7. The van der Waals surface area contributed by atoms with Gasteiger partial charge in [-0.05, 0) is 36.8 Å². The number of para-hydroxylation sites is 1. The fraction of sp³-hybridized carbons (Fsp3) is 0.263. The highest BCUT2D eigenvalue weighted by Crippen LogP contribution is 2.27. The molecule has 0 unspecified atom stereocenters. The van der Waals surface area contributed by atoms with Gasteiger partial charge in [0.2, 0.25) is 0 Å². The molecule has 0 saturated heterocycles. The summed E-state index contributed by atoms with van der Waals surface area (Å²) in [6.45, 7) is 2.87. The maximum Gasteiger partial charge on any atom is 0.279 e. The van der Waals surface area contributed by atoms with Crippen LogP contribution in [0, 0.1) is 0 Å². The number of aromatic nitrogens is 1. The molecule has 0 N–H and O–H groups in total. The summed E-state index contributed by atoms with van der Waals surface area (Å²) < 4.78 is 13.8. The predicted octanol–water partition coefficient (Wildman–Crippen LogP) is 3.87. The van der Waals surface area contributed by atoms with Crippen molar-refractivity contribution in [3.8, 4) is 11.5 Å². The van der Waals surface area contributed by atoms with Crippen molar-refractivity contribution in [2.24, 2.45) is 4.99 Å². The van der Waals surface area contributed by atoms with E-state index in [1.807, 2.05) is 18.2 Å². The standard InChI is InChI=1S/C19H20N2O3S/c1-4-11-21-17-15(24-3)9-6-10-16(17)25-19(21)20-18(22)13-7-5-8-14(12-13)23-2/h5-10,12H,4,11H2,1-3H3. The van der Waals surface area contributed by atoms with Crippen molar-refractivity contribution in [1.82, 2.24) is 4.57 Å². The Bertz CT molecular complexity index is 972. The minimum Gasteiger partial charge on any atom is -0.497 e. The lowest BCUT2D eigenvalue weighted by atomic mass is 10.2. The molecule has 0 aliphatic heterocycles. The second kappa shape index (κ2) is 7.53. The molecule has 2 aromatic carbocycles. The zero-order valence-corrected chi connectivity index (χ0v) is 15.3. The smallest absolute Gasteiger partial charge is 0.279 e. The average Bonchev–Trinajstić information content (AvgIpc) is 2.99. The van der Waals surface area contributed by atoms with Crippen molar-refractivity contribution >= 4 is 27.5 Å². The first-order chi connectivity index (χ1) is 12.2. The number of amides is 1. The number of nitrogens with zero attached hydrogens (tertiary/aromatic N) is 2. The second-order valence-corrected chi connectivity index (χ2v) is 6.50. The van der Waals surface area contributed by atoms with Gasteiger partial charge in [-0.3, -0.25) is 4.79 Å². The maximum absolute atomic E-state index is 12.6. The van der Waals surface area contributed by atoms with Crippen LogP contribution in [0.4, 0.5) is 0 Å². The Morgan fingerprint density at radius 1 is 1.16 bits per heavy atom. The monoisotopic (exact) mass is 356 g/mol. The first-order valence-corrected chi connectivity index (χ1v) is 8.89. The van der Waals surface area contributed by atoms with Gasteiger partial charge in [0.25, 0.3) is 5.91 Å². The molecule has 5 nitrogen and oxygen atoms in total. The molecule has 0 spiro atoms. The number of rotatable bonds is 5. The Morgan fingerprint density at radius 2 is 1.96 bits per heavy atom. The van der Waals surface area contributed by atoms with Crippen molar-refractivity contribution in [2.45, 2.75) is 19.9 Å². The van der Waals surface area contributed by atoms with Gasteiger partial charge < -0.3 is 14.0 Å². The van der Waals surface area contributed by atoms with Crippen LogP contribution in [0.25, 0.3) is 10.2 Å². The SMILES string of the molecule is CCCn1c(=NC(=O)c2cccc(OC)c2)sc2cccc(OC)c21. The summed E-state index contributed by atoms with van der Waals surface area (Å²) in [5.41, 5.74) is 1.49. The van der Waals surface area contributed by atoms with Crippen LogP contribution in [0.3, 0.4) is 0 Å². The van der Waals surface area contributed by atoms with Gasteiger partial charge in [-0.2, -0.15) is 4.99 Å². The van der Waals surface area contributed by atoms with Crippen LogP contribution in [0.5, 0.6) is 11.5 Å². The van der Waals surface area contributed by atoms with Crippen LogP contribution in [0.15, 0.2) is 47.5 Å². The zero-order chi connectivity index (χ0) is 17.8. The molecule has 1 aromatic heterocycles. The van der Waals surface area contributed by atoms with E-state index >= 15 is 0 Å². The van der Waals surface area contributed by atoms with Crippen LogP contribution in [-0.2, 0) is 6.54 Å². The highest BCUT2D eigenvalue weighted by Gasteiger charge is 2.12. The third-order valence-electron chi connectivity index (χ3n) is 3.85. The Balaban J connectivity index is 2.15. The zero-order valence-electron chi connectivity index (χ0n) is 14.5. The molecule has 3 aromatic rings. The van der Waals surface area contributed by atoms with Crippen LogP contribution >= 0.6 is 11.3 Å². The minimum atomic E-state index is -0.283. The quantitative estimate of drug-likeness (QED) is 0.697. The molecule has 0 saturated carbocycles. The third kappa shape index (κ3) is 3.44. The van der Waals surface area contributed by atoms with Crippen LogP contribution in [-0.4, -0.2) is 24.7 Å². The number of thiazole rings is 1.